The Hall–Kier alpha value is -2.48. The van der Waals surface area contributed by atoms with E-state index < -0.39 is 0 Å². The molecular formula is C14H17N5. The van der Waals surface area contributed by atoms with Gasteiger partial charge in [0.25, 0.3) is 0 Å². The fraction of sp³-hybridized carbons (Fsp3) is 0.286. The molecule has 0 atom stereocenters. The van der Waals surface area contributed by atoms with Crippen molar-refractivity contribution in [2.24, 2.45) is 0 Å². The molecule has 0 radical (unpaired) electrons. The summed E-state index contributed by atoms with van der Waals surface area (Å²) in [7, 11) is 0. The fourth-order valence-electron chi connectivity index (χ4n) is 1.86. The highest BCUT2D eigenvalue weighted by molar-refractivity contribution is 5.66. The molecular weight excluding hydrogens is 238 g/mol. The van der Waals surface area contributed by atoms with Crippen molar-refractivity contribution in [1.82, 2.24) is 9.78 Å². The first kappa shape index (κ1) is 13.0. The lowest BCUT2D eigenvalue weighted by molar-refractivity contribution is 0.879. The van der Waals surface area contributed by atoms with Crippen LogP contribution in [-0.4, -0.2) is 16.3 Å². The highest BCUT2D eigenvalue weighted by Crippen LogP contribution is 2.24. The Bertz CT molecular complexity index is 621. The first-order chi connectivity index (χ1) is 9.17. The van der Waals surface area contributed by atoms with Crippen molar-refractivity contribution in [3.05, 3.63) is 35.4 Å². The molecule has 0 unspecified atom stereocenters. The van der Waals surface area contributed by atoms with Crippen LogP contribution in [-0.2, 0) is 0 Å². The van der Waals surface area contributed by atoms with E-state index in [4.69, 9.17) is 5.73 Å². The number of nitriles is 1. The predicted molar refractivity (Wildman–Crippen MR) is 76.2 cm³/mol. The minimum absolute atomic E-state index is 0.367. The summed E-state index contributed by atoms with van der Waals surface area (Å²) in [6, 6.07) is 9.95. The van der Waals surface area contributed by atoms with Gasteiger partial charge in [-0.2, -0.15) is 5.26 Å². The van der Waals surface area contributed by atoms with Crippen molar-refractivity contribution in [3.63, 3.8) is 0 Å². The molecule has 19 heavy (non-hydrogen) atoms. The van der Waals surface area contributed by atoms with Crippen LogP contribution in [0.1, 0.15) is 24.5 Å². The van der Waals surface area contributed by atoms with Gasteiger partial charge in [-0.05, 0) is 31.0 Å². The molecule has 0 saturated heterocycles. The number of nitrogens with zero attached hydrogens (tertiary/aromatic N) is 3. The molecule has 0 bridgehead atoms. The zero-order valence-electron chi connectivity index (χ0n) is 11.1. The zero-order chi connectivity index (χ0) is 13.8. The van der Waals surface area contributed by atoms with Crippen molar-refractivity contribution >= 4 is 11.6 Å². The Morgan fingerprint density at radius 3 is 2.89 bits per heavy atom. The van der Waals surface area contributed by atoms with Gasteiger partial charge in [-0.25, -0.2) is 4.68 Å². The van der Waals surface area contributed by atoms with Crippen molar-refractivity contribution in [3.8, 4) is 11.8 Å². The maximum absolute atomic E-state index is 9.19. The monoisotopic (exact) mass is 255 g/mol. The van der Waals surface area contributed by atoms with Crippen molar-refractivity contribution in [2.75, 3.05) is 17.6 Å². The lowest BCUT2D eigenvalue weighted by atomic mass is 10.2. The van der Waals surface area contributed by atoms with Gasteiger partial charge in [-0.3, -0.25) is 0 Å². The van der Waals surface area contributed by atoms with Gasteiger partial charge in [0.1, 0.15) is 17.5 Å². The average Bonchev–Trinajstić information content (AvgIpc) is 2.72. The summed E-state index contributed by atoms with van der Waals surface area (Å²) in [5.41, 5.74) is 8.38. The molecule has 98 valence electrons. The van der Waals surface area contributed by atoms with Crippen molar-refractivity contribution in [2.45, 2.75) is 20.3 Å². The molecule has 0 aliphatic heterocycles. The summed E-state index contributed by atoms with van der Waals surface area (Å²) in [6.45, 7) is 4.82. The van der Waals surface area contributed by atoms with E-state index >= 15 is 0 Å². The zero-order valence-corrected chi connectivity index (χ0v) is 11.1. The summed E-state index contributed by atoms with van der Waals surface area (Å²) < 4.78 is 1.60. The van der Waals surface area contributed by atoms with E-state index in [0.29, 0.717) is 17.2 Å². The summed E-state index contributed by atoms with van der Waals surface area (Å²) in [4.78, 5) is 0. The quantitative estimate of drug-likeness (QED) is 0.879. The summed E-state index contributed by atoms with van der Waals surface area (Å²) in [5.74, 6) is 0.912. The molecule has 0 fully saturated rings. The van der Waals surface area contributed by atoms with Crippen LogP contribution in [0, 0.1) is 18.3 Å². The lowest BCUT2D eigenvalue weighted by Gasteiger charge is -2.04. The van der Waals surface area contributed by atoms with Crippen LogP contribution >= 0.6 is 0 Å². The Kier molecular flexibility index (Phi) is 3.71. The molecule has 5 heteroatoms. The normalized spacial score (nSPS) is 10.2. The second-order valence-corrected chi connectivity index (χ2v) is 4.40. The molecule has 5 nitrogen and oxygen atoms in total. The number of aromatic nitrogens is 2. The van der Waals surface area contributed by atoms with Gasteiger partial charge in [-0.1, -0.05) is 19.1 Å². The van der Waals surface area contributed by atoms with Crippen LogP contribution in [0.5, 0.6) is 0 Å². The molecule has 1 aromatic carbocycles. The highest BCUT2D eigenvalue weighted by atomic mass is 15.3. The van der Waals surface area contributed by atoms with Crippen molar-refractivity contribution in [1.29, 1.82) is 5.26 Å². The molecule has 0 aliphatic carbocycles. The third kappa shape index (κ3) is 2.52. The van der Waals surface area contributed by atoms with Gasteiger partial charge in [0.05, 0.1) is 5.69 Å². The van der Waals surface area contributed by atoms with E-state index in [9.17, 15) is 5.26 Å². The minimum atomic E-state index is 0.367. The fourth-order valence-corrected chi connectivity index (χ4v) is 1.86. The largest absolute Gasteiger partial charge is 0.382 e. The van der Waals surface area contributed by atoms with Gasteiger partial charge in [-0.15, -0.1) is 5.10 Å². The summed E-state index contributed by atoms with van der Waals surface area (Å²) in [5, 5.41) is 16.7. The van der Waals surface area contributed by atoms with Gasteiger partial charge in [0.15, 0.2) is 5.82 Å². The SMILES string of the molecule is CCCNc1nn(-c2cccc(C)c2)c(N)c1C#N. The topological polar surface area (TPSA) is 79.7 Å². The number of aryl methyl sites for hydroxylation is 1. The van der Waals surface area contributed by atoms with E-state index in [-0.39, 0.29) is 0 Å². The van der Waals surface area contributed by atoms with Crippen LogP contribution in [0.4, 0.5) is 11.6 Å². The number of benzene rings is 1. The molecule has 1 heterocycles. The maximum Gasteiger partial charge on any atom is 0.168 e. The molecule has 3 N–H and O–H groups in total. The highest BCUT2D eigenvalue weighted by Gasteiger charge is 2.15. The molecule has 1 aromatic heterocycles. The van der Waals surface area contributed by atoms with Crippen LogP contribution in [0.15, 0.2) is 24.3 Å². The van der Waals surface area contributed by atoms with E-state index in [1.807, 2.05) is 31.2 Å². The van der Waals surface area contributed by atoms with Crippen molar-refractivity contribution < 1.29 is 0 Å². The van der Waals surface area contributed by atoms with E-state index in [0.717, 1.165) is 24.2 Å². The van der Waals surface area contributed by atoms with E-state index in [1.165, 1.54) is 0 Å². The first-order valence-corrected chi connectivity index (χ1v) is 6.27. The van der Waals surface area contributed by atoms with Crippen LogP contribution in [0.25, 0.3) is 5.69 Å². The Morgan fingerprint density at radius 2 is 2.26 bits per heavy atom. The Labute approximate surface area is 112 Å². The third-order valence-corrected chi connectivity index (χ3v) is 2.82. The van der Waals surface area contributed by atoms with Crippen LogP contribution in [0.2, 0.25) is 0 Å². The van der Waals surface area contributed by atoms with E-state index in [1.54, 1.807) is 4.68 Å². The smallest absolute Gasteiger partial charge is 0.168 e. The Balaban J connectivity index is 2.47. The lowest BCUT2D eigenvalue weighted by Crippen LogP contribution is -2.03. The number of nitrogens with two attached hydrogens (primary N) is 1. The van der Waals surface area contributed by atoms with Gasteiger partial charge in [0.2, 0.25) is 0 Å². The van der Waals surface area contributed by atoms with Gasteiger partial charge < -0.3 is 11.1 Å². The number of nitrogens with one attached hydrogen (secondary N) is 1. The van der Waals surface area contributed by atoms with Crippen LogP contribution in [0.3, 0.4) is 0 Å². The molecule has 0 amide bonds. The maximum atomic E-state index is 9.19. The summed E-state index contributed by atoms with van der Waals surface area (Å²) >= 11 is 0. The third-order valence-electron chi connectivity index (χ3n) is 2.82. The molecule has 0 saturated carbocycles. The Morgan fingerprint density at radius 1 is 1.47 bits per heavy atom. The summed E-state index contributed by atoms with van der Waals surface area (Å²) in [6.07, 6.45) is 0.960. The standard InChI is InChI=1S/C14H17N5/c1-3-7-17-14-12(9-15)13(16)19(18-14)11-6-4-5-10(2)8-11/h4-6,8H,3,7,16H2,1-2H3,(H,17,18). The number of nitrogen functional groups attached to an aromatic ring is 1. The molecule has 2 aromatic rings. The van der Waals surface area contributed by atoms with Gasteiger partial charge in [0, 0.05) is 6.54 Å². The first-order valence-electron chi connectivity index (χ1n) is 6.27. The van der Waals surface area contributed by atoms with Crippen LogP contribution < -0.4 is 11.1 Å². The number of rotatable bonds is 4. The number of anilines is 2. The molecule has 0 aliphatic rings. The molecule has 2 rings (SSSR count). The van der Waals surface area contributed by atoms with Gasteiger partial charge >= 0.3 is 0 Å². The number of hydrogen-bond acceptors (Lipinski definition) is 4. The average molecular weight is 255 g/mol. The predicted octanol–water partition coefficient (Wildman–Crippen LogP) is 2.46. The second kappa shape index (κ2) is 5.44. The minimum Gasteiger partial charge on any atom is -0.382 e. The number of hydrogen-bond donors (Lipinski definition) is 2. The molecule has 0 spiro atoms. The second-order valence-electron chi connectivity index (χ2n) is 4.40. The van der Waals surface area contributed by atoms with E-state index in [2.05, 4.69) is 23.4 Å².